The molecule has 1 saturated carbocycles. The molecule has 10 heteroatoms. The Morgan fingerprint density at radius 1 is 1.33 bits per heavy atom. The van der Waals surface area contributed by atoms with Crippen molar-refractivity contribution in [3.8, 4) is 0 Å². The number of allylic oxidation sites excluding steroid dienone is 4. The Hall–Kier alpha value is -2.79. The van der Waals surface area contributed by atoms with Crippen molar-refractivity contribution in [2.45, 2.75) is 66.5 Å². The number of nitrogens with one attached hydrogen (secondary N) is 2. The van der Waals surface area contributed by atoms with E-state index in [9.17, 15) is 0 Å². The fraction of sp³-hybridized carbons (Fsp3) is 0.517. The molecule has 8 N–H and O–H groups in total. The minimum absolute atomic E-state index is 0.0709. The number of nitrogens with two attached hydrogens (primary N) is 3. The molecule has 39 heavy (non-hydrogen) atoms. The monoisotopic (exact) mass is 554 g/mol. The molecule has 1 fully saturated rings. The van der Waals surface area contributed by atoms with Gasteiger partial charge in [0, 0.05) is 41.2 Å². The van der Waals surface area contributed by atoms with Crippen LogP contribution < -0.4 is 27.3 Å². The predicted molar refractivity (Wildman–Crippen MR) is 165 cm³/mol. The molecule has 0 aromatic carbocycles. The number of likely N-dealkylation sites (N-methyl/N-ethyl adjacent to an activating group) is 1. The van der Waals surface area contributed by atoms with E-state index in [1.807, 2.05) is 33.3 Å². The maximum Gasteiger partial charge on any atom is 0.156 e. The van der Waals surface area contributed by atoms with Gasteiger partial charge < -0.3 is 31.3 Å². The number of hydrogen-bond donors (Lipinski definition) is 5. The number of aliphatic imine (C=N–C) groups is 1. The molecular weight excluding hydrogens is 508 g/mol. The fourth-order valence-corrected chi connectivity index (χ4v) is 6.17. The van der Waals surface area contributed by atoms with Gasteiger partial charge in [0.1, 0.15) is 0 Å². The van der Waals surface area contributed by atoms with Crippen LogP contribution >= 0.6 is 11.9 Å². The van der Waals surface area contributed by atoms with E-state index in [1.54, 1.807) is 17.0 Å². The molecule has 1 aliphatic carbocycles. The van der Waals surface area contributed by atoms with Crippen LogP contribution in [0, 0.1) is 25.7 Å². The van der Waals surface area contributed by atoms with Crippen LogP contribution in [0.15, 0.2) is 51.3 Å². The third-order valence-corrected chi connectivity index (χ3v) is 8.95. The summed E-state index contributed by atoms with van der Waals surface area (Å²) < 4.78 is 9.23. The maximum absolute atomic E-state index is 6.43. The van der Waals surface area contributed by atoms with Crippen LogP contribution in [0.25, 0.3) is 5.70 Å². The highest BCUT2D eigenvalue weighted by Gasteiger charge is 2.37. The van der Waals surface area contributed by atoms with Crippen molar-refractivity contribution in [3.63, 3.8) is 0 Å². The third-order valence-electron chi connectivity index (χ3n) is 7.78. The summed E-state index contributed by atoms with van der Waals surface area (Å²) in [6.07, 6.45) is 6.90. The zero-order chi connectivity index (χ0) is 28.9. The minimum atomic E-state index is -0.0709. The van der Waals surface area contributed by atoms with Crippen LogP contribution in [-0.2, 0) is 4.74 Å². The molecule has 0 radical (unpaired) electrons. The Bertz CT molecular complexity index is 1180. The predicted octanol–water partition coefficient (Wildman–Crippen LogP) is 4.14. The van der Waals surface area contributed by atoms with Gasteiger partial charge in [0.05, 0.1) is 24.7 Å². The highest BCUT2D eigenvalue weighted by atomic mass is 32.2. The SMILES string of the molecule is C=C1C(C)=C(C2CC(N(N)/C=C(\N)C(COCC)NC)C2)SNC(c2cnc(N=CN)c(C)c2C)=C1C(C)C. The number of ether oxygens (including phenoxy) is 1. The van der Waals surface area contributed by atoms with E-state index in [2.05, 4.69) is 54.3 Å². The first-order valence-electron chi connectivity index (χ1n) is 13.6. The minimum Gasteiger partial charge on any atom is -0.399 e. The first-order chi connectivity index (χ1) is 18.5. The Kier molecular flexibility index (Phi) is 10.7. The van der Waals surface area contributed by atoms with Crippen molar-refractivity contribution < 1.29 is 4.74 Å². The van der Waals surface area contributed by atoms with E-state index in [4.69, 9.17) is 22.0 Å². The van der Waals surface area contributed by atoms with Gasteiger partial charge in [0.25, 0.3) is 0 Å². The second-order valence-electron chi connectivity index (χ2n) is 10.5. The summed E-state index contributed by atoms with van der Waals surface area (Å²) in [5.74, 6) is 7.73. The molecule has 0 bridgehead atoms. The summed E-state index contributed by atoms with van der Waals surface area (Å²) in [6.45, 7) is 18.4. The molecule has 2 aliphatic rings. The molecule has 1 atom stereocenters. The molecule has 214 valence electrons. The van der Waals surface area contributed by atoms with Crippen molar-refractivity contribution in [1.82, 2.24) is 20.0 Å². The van der Waals surface area contributed by atoms with Crippen molar-refractivity contribution in [1.29, 1.82) is 0 Å². The van der Waals surface area contributed by atoms with E-state index >= 15 is 0 Å². The van der Waals surface area contributed by atoms with E-state index < -0.39 is 0 Å². The molecule has 1 aliphatic heterocycles. The molecule has 1 aromatic heterocycles. The second kappa shape index (κ2) is 13.5. The average molecular weight is 555 g/mol. The average Bonchev–Trinajstić information content (AvgIpc) is 2.98. The summed E-state index contributed by atoms with van der Waals surface area (Å²) in [5.41, 5.74) is 20.3. The van der Waals surface area contributed by atoms with Gasteiger partial charge in [0.2, 0.25) is 0 Å². The fourth-order valence-electron chi connectivity index (χ4n) is 5.10. The molecule has 0 saturated heterocycles. The van der Waals surface area contributed by atoms with E-state index in [1.165, 1.54) is 22.4 Å². The summed E-state index contributed by atoms with van der Waals surface area (Å²) in [7, 11) is 1.87. The van der Waals surface area contributed by atoms with Crippen LogP contribution in [0.1, 0.15) is 57.2 Å². The molecule has 2 heterocycles. The molecule has 1 unspecified atom stereocenters. The largest absolute Gasteiger partial charge is 0.399 e. The quantitative estimate of drug-likeness (QED) is 0.0897. The van der Waals surface area contributed by atoms with Gasteiger partial charge in [0.15, 0.2) is 5.82 Å². The van der Waals surface area contributed by atoms with Gasteiger partial charge in [-0.05, 0) is 99.2 Å². The highest BCUT2D eigenvalue weighted by Crippen LogP contribution is 2.47. The van der Waals surface area contributed by atoms with E-state index in [-0.39, 0.29) is 18.0 Å². The number of hydrogen-bond acceptors (Lipinski definition) is 9. The van der Waals surface area contributed by atoms with Gasteiger partial charge in [-0.15, -0.1) is 0 Å². The van der Waals surface area contributed by atoms with Crippen molar-refractivity contribution in [2.24, 2.45) is 34.1 Å². The lowest BCUT2D eigenvalue weighted by atomic mass is 9.77. The standard InChI is InChI=1S/C29H46N8OS/c1-9-38-14-25(33-8)24(31)13-37(32)22-10-21(11-22)28-19(6)18(5)26(16(2)3)27(36-39-28)23-12-34-29(35-15-30)20(7)17(23)4/h12-13,15-16,21-22,25,33,36H,5,9-11,14,31-32H2,1-4,6-8H3,(H2,30,34,35)/b24-13-. The lowest BCUT2D eigenvalue weighted by Gasteiger charge is -2.42. The Labute approximate surface area is 238 Å². The van der Waals surface area contributed by atoms with Crippen molar-refractivity contribution >= 4 is 29.8 Å². The molecule has 0 amide bonds. The van der Waals surface area contributed by atoms with Gasteiger partial charge >= 0.3 is 0 Å². The highest BCUT2D eigenvalue weighted by molar-refractivity contribution is 8.01. The Balaban J connectivity index is 1.80. The normalized spacial score (nSPS) is 21.4. The zero-order valence-corrected chi connectivity index (χ0v) is 25.3. The van der Waals surface area contributed by atoms with Crippen LogP contribution in [0.5, 0.6) is 0 Å². The summed E-state index contributed by atoms with van der Waals surface area (Å²) in [6, 6.07) is 0.149. The van der Waals surface area contributed by atoms with Crippen LogP contribution in [0.2, 0.25) is 0 Å². The van der Waals surface area contributed by atoms with Crippen molar-refractivity contribution in [2.75, 3.05) is 20.3 Å². The smallest absolute Gasteiger partial charge is 0.156 e. The van der Waals surface area contributed by atoms with Gasteiger partial charge in [-0.25, -0.2) is 15.8 Å². The van der Waals surface area contributed by atoms with Gasteiger partial charge in [-0.2, -0.15) is 0 Å². The second-order valence-corrected chi connectivity index (χ2v) is 11.4. The first-order valence-corrected chi connectivity index (χ1v) is 14.4. The molecule has 0 spiro atoms. The molecule has 9 nitrogen and oxygen atoms in total. The third kappa shape index (κ3) is 6.69. The number of nitrogens with zero attached hydrogens (tertiary/aromatic N) is 3. The van der Waals surface area contributed by atoms with Crippen LogP contribution in [0.3, 0.4) is 0 Å². The van der Waals surface area contributed by atoms with Gasteiger partial charge in [-0.3, -0.25) is 0 Å². The van der Waals surface area contributed by atoms with Crippen LogP contribution in [0.4, 0.5) is 5.82 Å². The maximum atomic E-state index is 6.43. The first kappa shape index (κ1) is 30.7. The number of aromatic nitrogens is 1. The topological polar surface area (TPSA) is 140 Å². The molecular formula is C29H46N8OS. The van der Waals surface area contributed by atoms with E-state index in [0.717, 1.165) is 40.8 Å². The summed E-state index contributed by atoms with van der Waals surface area (Å²) in [4.78, 5) is 10.1. The van der Waals surface area contributed by atoms with E-state index in [0.29, 0.717) is 30.6 Å². The molecule has 1 aromatic rings. The lowest BCUT2D eigenvalue weighted by Crippen LogP contribution is -2.47. The lowest BCUT2D eigenvalue weighted by molar-refractivity contribution is 0.127. The number of pyridine rings is 1. The summed E-state index contributed by atoms with van der Waals surface area (Å²) >= 11 is 1.69. The molecule has 3 rings (SSSR count). The Morgan fingerprint density at radius 2 is 2.03 bits per heavy atom. The summed E-state index contributed by atoms with van der Waals surface area (Å²) in [5, 5.41) is 4.95. The van der Waals surface area contributed by atoms with Crippen molar-refractivity contribution in [3.05, 3.63) is 63.0 Å². The van der Waals surface area contributed by atoms with Crippen LogP contribution in [-0.4, -0.2) is 48.7 Å². The zero-order valence-electron chi connectivity index (χ0n) is 24.5. The Morgan fingerprint density at radius 3 is 2.62 bits per heavy atom. The van der Waals surface area contributed by atoms with Gasteiger partial charge in [-0.1, -0.05) is 20.4 Å². The number of hydrazine groups is 1. The number of rotatable bonds is 11.